The van der Waals surface area contributed by atoms with Gasteiger partial charge in [-0.15, -0.1) is 0 Å². The van der Waals surface area contributed by atoms with E-state index in [2.05, 4.69) is 232 Å². The Morgan fingerprint density at radius 1 is 0.261 bits per heavy atom. The Labute approximate surface area is 397 Å². The molecule has 0 unspecified atom stereocenters. The van der Waals surface area contributed by atoms with E-state index in [9.17, 15) is 0 Å². The summed E-state index contributed by atoms with van der Waals surface area (Å²) in [6.07, 6.45) is 0. The molecule has 0 N–H and O–H groups in total. The minimum Gasteiger partial charge on any atom is -0.308 e. The first-order valence-corrected chi connectivity index (χ1v) is 23.4. The lowest BCUT2D eigenvalue weighted by atomic mass is 10.0. The van der Waals surface area contributed by atoms with E-state index >= 15 is 0 Å². The summed E-state index contributed by atoms with van der Waals surface area (Å²) < 4.78 is 7.20. The summed E-state index contributed by atoms with van der Waals surface area (Å²) in [6.45, 7) is 0. The molecule has 0 amide bonds. The van der Waals surface area contributed by atoms with Gasteiger partial charge in [0, 0.05) is 49.1 Å². The van der Waals surface area contributed by atoms with Crippen molar-refractivity contribution in [2.24, 2.45) is 0 Å². The third-order valence-corrected chi connectivity index (χ3v) is 13.7. The lowest BCUT2D eigenvalue weighted by Crippen LogP contribution is -2.07. The van der Waals surface area contributed by atoms with Crippen molar-refractivity contribution in [1.82, 2.24) is 28.7 Å². The highest BCUT2D eigenvalue weighted by Gasteiger charge is 2.27. The molecule has 0 radical (unpaired) electrons. The van der Waals surface area contributed by atoms with Crippen LogP contribution < -0.4 is 0 Å². The van der Waals surface area contributed by atoms with Crippen LogP contribution in [0.25, 0.3) is 128 Å². The summed E-state index contributed by atoms with van der Waals surface area (Å²) in [5.41, 5.74) is 15.1. The molecule has 10 aromatic carbocycles. The summed E-state index contributed by atoms with van der Waals surface area (Å²) in [6, 6.07) is 86.3. The second kappa shape index (κ2) is 15.6. The van der Waals surface area contributed by atoms with Gasteiger partial charge in [-0.3, -0.25) is 4.57 Å². The predicted molar refractivity (Wildman–Crippen MR) is 285 cm³/mol. The molecule has 0 aliphatic rings. The van der Waals surface area contributed by atoms with E-state index in [-0.39, 0.29) is 0 Å². The topological polar surface area (TPSA) is 53.5 Å². The molecule has 4 heterocycles. The van der Waals surface area contributed by atoms with Crippen molar-refractivity contribution < 1.29 is 0 Å². The third kappa shape index (κ3) is 6.16. The van der Waals surface area contributed by atoms with Gasteiger partial charge in [-0.05, 0) is 64.7 Å². The Kier molecular flexibility index (Phi) is 8.79. The van der Waals surface area contributed by atoms with Crippen LogP contribution >= 0.6 is 0 Å². The van der Waals surface area contributed by atoms with Gasteiger partial charge in [-0.25, -0.2) is 4.98 Å². The van der Waals surface area contributed by atoms with E-state index in [0.717, 1.165) is 77.5 Å². The molecule has 14 rings (SSSR count). The van der Waals surface area contributed by atoms with Gasteiger partial charge in [0.15, 0.2) is 11.6 Å². The van der Waals surface area contributed by atoms with E-state index in [1.54, 1.807) is 0 Å². The highest BCUT2D eigenvalue weighted by atomic mass is 15.2. The van der Waals surface area contributed by atoms with Crippen LogP contribution in [0.5, 0.6) is 0 Å². The molecule has 0 saturated heterocycles. The zero-order valence-electron chi connectivity index (χ0n) is 37.3. The molecule has 0 bridgehead atoms. The van der Waals surface area contributed by atoms with Crippen LogP contribution in [0.15, 0.2) is 243 Å². The standard InChI is InChI=1S/C63H40N6/c1-4-18-41(19-5-1)43-32-34-46(35-33-43)62-64-61(45-22-8-3-9-23-45)65-63(66-62)69-55-31-17-13-27-51(55)59-57(69)40-56(68-52-28-14-10-24-48(52)49-25-11-15-29-53(49)68)58-50-26-12-16-30-54(50)67(60(58)59)47-38-36-44(37-39-47)42-20-6-2-7-21-42/h1-40H. The minimum atomic E-state index is 0.541. The Hall–Kier alpha value is -9.39. The van der Waals surface area contributed by atoms with E-state index in [1.807, 2.05) is 24.3 Å². The lowest BCUT2D eigenvalue weighted by molar-refractivity contribution is 0.953. The first kappa shape index (κ1) is 38.8. The van der Waals surface area contributed by atoms with Crippen LogP contribution in [0.3, 0.4) is 0 Å². The minimum absolute atomic E-state index is 0.541. The number of benzene rings is 10. The summed E-state index contributed by atoms with van der Waals surface area (Å²) >= 11 is 0. The molecule has 6 heteroatoms. The van der Waals surface area contributed by atoms with Crippen molar-refractivity contribution in [3.63, 3.8) is 0 Å². The van der Waals surface area contributed by atoms with Gasteiger partial charge in [-0.2, -0.15) is 9.97 Å². The third-order valence-electron chi connectivity index (χ3n) is 13.7. The van der Waals surface area contributed by atoms with E-state index < -0.39 is 0 Å². The molecule has 0 aliphatic carbocycles. The normalized spacial score (nSPS) is 11.8. The second-order valence-corrected chi connectivity index (χ2v) is 17.6. The van der Waals surface area contributed by atoms with Gasteiger partial charge in [0.1, 0.15) is 0 Å². The van der Waals surface area contributed by atoms with Crippen LogP contribution in [0.2, 0.25) is 0 Å². The van der Waals surface area contributed by atoms with Gasteiger partial charge in [0.05, 0.1) is 38.8 Å². The number of rotatable bonds is 7. The molecular weight excluding hydrogens is 841 g/mol. The average Bonchev–Trinajstić information content (AvgIpc) is 4.07. The number of fused-ring (bicyclic) bond motifs is 10. The van der Waals surface area contributed by atoms with Gasteiger partial charge >= 0.3 is 0 Å². The van der Waals surface area contributed by atoms with E-state index in [0.29, 0.717) is 17.6 Å². The number of hydrogen-bond acceptors (Lipinski definition) is 3. The predicted octanol–water partition coefficient (Wildman–Crippen LogP) is 15.8. The molecule has 0 saturated carbocycles. The van der Waals surface area contributed by atoms with Gasteiger partial charge in [-0.1, -0.05) is 200 Å². The Bertz CT molecular complexity index is 4210. The summed E-state index contributed by atoms with van der Waals surface area (Å²) in [7, 11) is 0. The zero-order valence-corrected chi connectivity index (χ0v) is 37.3. The maximum Gasteiger partial charge on any atom is 0.238 e. The smallest absolute Gasteiger partial charge is 0.238 e. The second-order valence-electron chi connectivity index (χ2n) is 17.6. The maximum atomic E-state index is 5.44. The van der Waals surface area contributed by atoms with Crippen LogP contribution in [-0.4, -0.2) is 28.7 Å². The maximum absolute atomic E-state index is 5.44. The van der Waals surface area contributed by atoms with Gasteiger partial charge in [0.25, 0.3) is 0 Å². The quantitative estimate of drug-likeness (QED) is 0.160. The Morgan fingerprint density at radius 2 is 0.638 bits per heavy atom. The van der Waals surface area contributed by atoms with E-state index in [4.69, 9.17) is 15.0 Å². The fraction of sp³-hybridized carbons (Fsp3) is 0. The molecule has 0 aliphatic heterocycles. The molecule has 14 aromatic rings. The van der Waals surface area contributed by atoms with Crippen LogP contribution in [-0.2, 0) is 0 Å². The number of nitrogens with zero attached hydrogens (tertiary/aromatic N) is 6. The highest BCUT2D eigenvalue weighted by Crippen LogP contribution is 2.47. The van der Waals surface area contributed by atoms with Crippen molar-refractivity contribution in [2.45, 2.75) is 0 Å². The SMILES string of the molecule is c1ccc(-c2ccc(-c3nc(-c4ccccc4)nc(-n4c5ccccc5c5c4cc(-n4c6ccccc6c6ccccc64)c4c6ccccc6n(-c6ccc(-c7ccccc7)cc6)c45)n3)cc2)cc1. The fourth-order valence-corrected chi connectivity index (χ4v) is 10.6. The monoisotopic (exact) mass is 880 g/mol. The Morgan fingerprint density at radius 3 is 1.17 bits per heavy atom. The van der Waals surface area contributed by atoms with Crippen LogP contribution in [0, 0.1) is 0 Å². The average molecular weight is 881 g/mol. The van der Waals surface area contributed by atoms with Crippen molar-refractivity contribution in [3.8, 4) is 62.4 Å². The largest absolute Gasteiger partial charge is 0.308 e. The lowest BCUT2D eigenvalue weighted by Gasteiger charge is -2.15. The molecule has 69 heavy (non-hydrogen) atoms. The van der Waals surface area contributed by atoms with Crippen molar-refractivity contribution in [2.75, 3.05) is 0 Å². The molecule has 0 atom stereocenters. The first-order valence-electron chi connectivity index (χ1n) is 23.4. The zero-order chi connectivity index (χ0) is 45.4. The molecule has 4 aromatic heterocycles. The number of para-hydroxylation sites is 4. The molecule has 322 valence electrons. The van der Waals surface area contributed by atoms with Crippen LogP contribution in [0.1, 0.15) is 0 Å². The van der Waals surface area contributed by atoms with E-state index in [1.165, 1.54) is 32.7 Å². The van der Waals surface area contributed by atoms with Crippen molar-refractivity contribution in [3.05, 3.63) is 243 Å². The molecule has 0 fully saturated rings. The first-order chi connectivity index (χ1) is 34.2. The Balaban J connectivity index is 1.12. The van der Waals surface area contributed by atoms with Gasteiger partial charge in [0.2, 0.25) is 5.95 Å². The molecular formula is C63H40N6. The number of aromatic nitrogens is 6. The molecule has 6 nitrogen and oxygen atoms in total. The van der Waals surface area contributed by atoms with Crippen molar-refractivity contribution in [1.29, 1.82) is 0 Å². The highest BCUT2D eigenvalue weighted by molar-refractivity contribution is 6.29. The van der Waals surface area contributed by atoms with Crippen molar-refractivity contribution >= 4 is 65.4 Å². The summed E-state index contributed by atoms with van der Waals surface area (Å²) in [5.74, 6) is 1.74. The number of hydrogen-bond donors (Lipinski definition) is 0. The molecule has 0 spiro atoms. The van der Waals surface area contributed by atoms with Crippen LogP contribution in [0.4, 0.5) is 0 Å². The summed E-state index contributed by atoms with van der Waals surface area (Å²) in [5, 5.41) is 6.96. The fourth-order valence-electron chi connectivity index (χ4n) is 10.6. The van der Waals surface area contributed by atoms with Gasteiger partial charge < -0.3 is 9.13 Å². The summed E-state index contributed by atoms with van der Waals surface area (Å²) in [4.78, 5) is 16.0.